The Balaban J connectivity index is 1.91. The zero-order valence-corrected chi connectivity index (χ0v) is 13.7. The second-order valence-corrected chi connectivity index (χ2v) is 5.86. The number of nitrogens with zero attached hydrogens (tertiary/aromatic N) is 2. The van der Waals surface area contributed by atoms with E-state index in [4.69, 9.17) is 0 Å². The second-order valence-electron chi connectivity index (χ2n) is 5.86. The Morgan fingerprint density at radius 1 is 1.17 bits per heavy atom. The quantitative estimate of drug-likeness (QED) is 0.769. The maximum Gasteiger partial charge on any atom is 0.221 e. The van der Waals surface area contributed by atoms with E-state index in [1.54, 1.807) is 12.1 Å². The SMILES string of the molecule is Cc1nc(C(NC(=O)CCC(=O)c2ccccc2)C(C)C)n[nH]1. The van der Waals surface area contributed by atoms with Crippen LogP contribution in [0.4, 0.5) is 0 Å². The summed E-state index contributed by atoms with van der Waals surface area (Å²) in [4.78, 5) is 28.5. The van der Waals surface area contributed by atoms with Crippen LogP contribution in [0.15, 0.2) is 30.3 Å². The molecule has 0 bridgehead atoms. The zero-order valence-electron chi connectivity index (χ0n) is 13.7. The van der Waals surface area contributed by atoms with Gasteiger partial charge in [-0.3, -0.25) is 14.7 Å². The number of H-pyrrole nitrogens is 1. The molecule has 2 rings (SSSR count). The molecule has 1 aromatic carbocycles. The lowest BCUT2D eigenvalue weighted by atomic mass is 10.0. The van der Waals surface area contributed by atoms with Crippen LogP contribution in [-0.2, 0) is 4.79 Å². The summed E-state index contributed by atoms with van der Waals surface area (Å²) in [7, 11) is 0. The van der Waals surface area contributed by atoms with E-state index in [9.17, 15) is 9.59 Å². The largest absolute Gasteiger partial charge is 0.346 e. The summed E-state index contributed by atoms with van der Waals surface area (Å²) in [5, 5.41) is 9.81. The van der Waals surface area contributed by atoms with Gasteiger partial charge < -0.3 is 5.32 Å². The minimum atomic E-state index is -0.265. The molecule has 0 aliphatic rings. The first kappa shape index (κ1) is 16.9. The molecule has 0 radical (unpaired) electrons. The molecule has 0 spiro atoms. The number of carbonyl (C=O) groups is 2. The number of aromatic nitrogens is 3. The average Bonchev–Trinajstić information content (AvgIpc) is 2.97. The van der Waals surface area contributed by atoms with Crippen molar-refractivity contribution in [2.24, 2.45) is 5.92 Å². The molecule has 1 atom stereocenters. The van der Waals surface area contributed by atoms with Crippen molar-refractivity contribution in [1.82, 2.24) is 20.5 Å². The number of ketones is 1. The van der Waals surface area contributed by atoms with Crippen LogP contribution in [0.25, 0.3) is 0 Å². The van der Waals surface area contributed by atoms with E-state index in [1.807, 2.05) is 39.0 Å². The van der Waals surface area contributed by atoms with Crippen molar-refractivity contribution in [1.29, 1.82) is 0 Å². The van der Waals surface area contributed by atoms with Gasteiger partial charge in [0.25, 0.3) is 0 Å². The van der Waals surface area contributed by atoms with E-state index in [0.717, 1.165) is 0 Å². The van der Waals surface area contributed by atoms with Gasteiger partial charge in [0.15, 0.2) is 11.6 Å². The Morgan fingerprint density at radius 3 is 2.43 bits per heavy atom. The lowest BCUT2D eigenvalue weighted by Crippen LogP contribution is -2.32. The van der Waals surface area contributed by atoms with Gasteiger partial charge in [-0.15, -0.1) is 0 Å². The maximum absolute atomic E-state index is 12.1. The van der Waals surface area contributed by atoms with E-state index in [1.165, 1.54) is 0 Å². The monoisotopic (exact) mass is 314 g/mol. The third kappa shape index (κ3) is 4.74. The Morgan fingerprint density at radius 2 is 1.87 bits per heavy atom. The number of aryl methyl sites for hydroxylation is 1. The molecular weight excluding hydrogens is 292 g/mol. The molecule has 2 aromatic rings. The minimum Gasteiger partial charge on any atom is -0.346 e. The molecule has 6 heteroatoms. The summed E-state index contributed by atoms with van der Waals surface area (Å²) in [6.45, 7) is 5.80. The number of Topliss-reactive ketones (excluding diaryl/α,β-unsaturated/α-hetero) is 1. The summed E-state index contributed by atoms with van der Waals surface area (Å²) in [6, 6.07) is 8.73. The number of nitrogens with one attached hydrogen (secondary N) is 2. The van der Waals surface area contributed by atoms with Crippen LogP contribution in [0, 0.1) is 12.8 Å². The van der Waals surface area contributed by atoms with Gasteiger partial charge in [-0.25, -0.2) is 4.98 Å². The lowest BCUT2D eigenvalue weighted by molar-refractivity contribution is -0.122. The van der Waals surface area contributed by atoms with Gasteiger partial charge in [0, 0.05) is 18.4 Å². The Hall–Kier alpha value is -2.50. The standard InChI is InChI=1S/C17H22N4O2/c1-11(2)16(17-18-12(3)20-21-17)19-15(23)10-9-14(22)13-7-5-4-6-8-13/h4-8,11,16H,9-10H2,1-3H3,(H,19,23)(H,18,20,21). The fraction of sp³-hybridized carbons (Fsp3) is 0.412. The molecule has 1 heterocycles. The van der Waals surface area contributed by atoms with Crippen molar-refractivity contribution >= 4 is 11.7 Å². The number of carbonyl (C=O) groups excluding carboxylic acids is 2. The van der Waals surface area contributed by atoms with Crippen LogP contribution >= 0.6 is 0 Å². The van der Waals surface area contributed by atoms with E-state index in [2.05, 4.69) is 20.5 Å². The maximum atomic E-state index is 12.1. The third-order valence-electron chi connectivity index (χ3n) is 3.55. The van der Waals surface area contributed by atoms with Gasteiger partial charge >= 0.3 is 0 Å². The Kier molecular flexibility index (Phi) is 5.62. The van der Waals surface area contributed by atoms with E-state index >= 15 is 0 Å². The highest BCUT2D eigenvalue weighted by Gasteiger charge is 2.22. The van der Waals surface area contributed by atoms with Crippen LogP contribution in [0.1, 0.15) is 54.7 Å². The molecule has 0 fully saturated rings. The first-order valence-electron chi connectivity index (χ1n) is 7.74. The molecule has 122 valence electrons. The van der Waals surface area contributed by atoms with Crippen molar-refractivity contribution < 1.29 is 9.59 Å². The van der Waals surface area contributed by atoms with Crippen molar-refractivity contribution in [3.05, 3.63) is 47.5 Å². The first-order chi connectivity index (χ1) is 11.0. The molecular formula is C17H22N4O2. The normalized spacial score (nSPS) is 12.2. The van der Waals surface area contributed by atoms with Crippen LogP contribution in [-0.4, -0.2) is 26.9 Å². The van der Waals surface area contributed by atoms with E-state index < -0.39 is 0 Å². The molecule has 6 nitrogen and oxygen atoms in total. The lowest BCUT2D eigenvalue weighted by Gasteiger charge is -2.19. The number of hydrogen-bond donors (Lipinski definition) is 2. The summed E-state index contributed by atoms with van der Waals surface area (Å²) in [5.74, 6) is 1.23. The molecule has 2 N–H and O–H groups in total. The first-order valence-corrected chi connectivity index (χ1v) is 7.74. The highest BCUT2D eigenvalue weighted by molar-refractivity contribution is 5.97. The molecule has 1 aromatic heterocycles. The Bertz CT molecular complexity index is 664. The Labute approximate surface area is 135 Å². The van der Waals surface area contributed by atoms with Crippen LogP contribution in [0.5, 0.6) is 0 Å². The highest BCUT2D eigenvalue weighted by Crippen LogP contribution is 2.18. The summed E-state index contributed by atoms with van der Waals surface area (Å²) < 4.78 is 0. The predicted molar refractivity (Wildman–Crippen MR) is 86.8 cm³/mol. The number of amides is 1. The van der Waals surface area contributed by atoms with Gasteiger partial charge in [0.05, 0.1) is 6.04 Å². The van der Waals surface area contributed by atoms with Crippen molar-refractivity contribution in [3.8, 4) is 0 Å². The topological polar surface area (TPSA) is 87.7 Å². The van der Waals surface area contributed by atoms with Gasteiger partial charge in [0.1, 0.15) is 5.82 Å². The predicted octanol–water partition coefficient (Wildman–Crippen LogP) is 2.59. The summed E-state index contributed by atoms with van der Waals surface area (Å²) >= 11 is 0. The molecule has 0 saturated heterocycles. The summed E-state index contributed by atoms with van der Waals surface area (Å²) in [6.07, 6.45) is 0.341. The minimum absolute atomic E-state index is 0.0319. The highest BCUT2D eigenvalue weighted by atomic mass is 16.2. The fourth-order valence-electron chi connectivity index (χ4n) is 2.27. The number of aromatic amines is 1. The van der Waals surface area contributed by atoms with Gasteiger partial charge in [-0.05, 0) is 12.8 Å². The van der Waals surface area contributed by atoms with Gasteiger partial charge in [0.2, 0.25) is 5.91 Å². The number of hydrogen-bond acceptors (Lipinski definition) is 4. The molecule has 1 unspecified atom stereocenters. The van der Waals surface area contributed by atoms with Crippen LogP contribution in [0.3, 0.4) is 0 Å². The van der Waals surface area contributed by atoms with Crippen LogP contribution < -0.4 is 5.32 Å². The number of benzene rings is 1. The zero-order chi connectivity index (χ0) is 16.8. The molecule has 23 heavy (non-hydrogen) atoms. The van der Waals surface area contributed by atoms with Crippen molar-refractivity contribution in [3.63, 3.8) is 0 Å². The smallest absolute Gasteiger partial charge is 0.221 e. The van der Waals surface area contributed by atoms with Crippen molar-refractivity contribution in [2.45, 2.75) is 39.7 Å². The van der Waals surface area contributed by atoms with Crippen LogP contribution in [0.2, 0.25) is 0 Å². The fourth-order valence-corrected chi connectivity index (χ4v) is 2.27. The van der Waals surface area contributed by atoms with Gasteiger partial charge in [-0.2, -0.15) is 5.10 Å². The molecule has 0 aliphatic carbocycles. The molecule has 1 amide bonds. The molecule has 0 aliphatic heterocycles. The summed E-state index contributed by atoms with van der Waals surface area (Å²) in [5.41, 5.74) is 0.630. The third-order valence-corrected chi connectivity index (χ3v) is 3.55. The van der Waals surface area contributed by atoms with E-state index in [-0.39, 0.29) is 36.5 Å². The van der Waals surface area contributed by atoms with E-state index in [0.29, 0.717) is 17.2 Å². The molecule has 0 saturated carbocycles. The van der Waals surface area contributed by atoms with Gasteiger partial charge in [-0.1, -0.05) is 44.2 Å². The average molecular weight is 314 g/mol. The second kappa shape index (κ2) is 7.67. The van der Waals surface area contributed by atoms with Crippen molar-refractivity contribution in [2.75, 3.05) is 0 Å². The number of rotatable bonds is 7.